The first-order valence-electron chi connectivity index (χ1n) is 7.36. The Morgan fingerprint density at radius 3 is 2.75 bits per heavy atom. The monoisotopic (exact) mass is 330 g/mol. The molecule has 0 fully saturated rings. The molecule has 4 aromatic rings. The van der Waals surface area contributed by atoms with Crippen molar-refractivity contribution in [1.29, 1.82) is 5.26 Å². The average molecular weight is 331 g/mol. The van der Waals surface area contributed by atoms with Crippen molar-refractivity contribution < 1.29 is 0 Å². The molecular weight excluding hydrogens is 320 g/mol. The highest BCUT2D eigenvalue weighted by Gasteiger charge is 2.10. The second-order valence-corrected chi connectivity index (χ2v) is 5.78. The second kappa shape index (κ2) is 5.80. The number of pyridine rings is 2. The van der Waals surface area contributed by atoms with Gasteiger partial charge in [0.1, 0.15) is 5.82 Å². The van der Waals surface area contributed by atoms with Crippen LogP contribution in [0.1, 0.15) is 5.56 Å². The maximum Gasteiger partial charge on any atom is 0.140 e. The number of rotatable bonds is 2. The van der Waals surface area contributed by atoms with Crippen LogP contribution in [-0.4, -0.2) is 9.97 Å². The lowest BCUT2D eigenvalue weighted by molar-refractivity contribution is 1.36. The van der Waals surface area contributed by atoms with Crippen LogP contribution in [0.5, 0.6) is 0 Å². The first kappa shape index (κ1) is 14.4. The molecule has 0 aliphatic rings. The molecule has 0 aliphatic carbocycles. The highest BCUT2D eigenvalue weighted by Crippen LogP contribution is 2.30. The van der Waals surface area contributed by atoms with Gasteiger partial charge in [-0.2, -0.15) is 5.26 Å². The summed E-state index contributed by atoms with van der Waals surface area (Å²) in [5.41, 5.74) is 2.98. The summed E-state index contributed by atoms with van der Waals surface area (Å²) in [5, 5.41) is 14.9. The number of nitrogens with zero attached hydrogens (tertiary/aromatic N) is 3. The van der Waals surface area contributed by atoms with Crippen LogP contribution in [0.3, 0.4) is 0 Å². The number of halogens is 1. The molecule has 0 unspecified atom stereocenters. The number of nitrogens with one attached hydrogen (secondary N) is 1. The predicted molar refractivity (Wildman–Crippen MR) is 96.5 cm³/mol. The van der Waals surface area contributed by atoms with Crippen LogP contribution in [0, 0.1) is 11.3 Å². The third kappa shape index (κ3) is 2.51. The molecule has 24 heavy (non-hydrogen) atoms. The SMILES string of the molecule is N#Cc1ccc2c(c1)nc(Nc1cccc(Cl)c1)c1cccnc12. The van der Waals surface area contributed by atoms with E-state index in [1.54, 1.807) is 18.3 Å². The minimum Gasteiger partial charge on any atom is -0.340 e. The van der Waals surface area contributed by atoms with E-state index in [1.165, 1.54) is 0 Å². The van der Waals surface area contributed by atoms with E-state index in [1.807, 2.05) is 42.5 Å². The Hall–Kier alpha value is -3.16. The smallest absolute Gasteiger partial charge is 0.140 e. The van der Waals surface area contributed by atoms with Gasteiger partial charge in [-0.05, 0) is 48.5 Å². The maximum atomic E-state index is 9.12. The van der Waals surface area contributed by atoms with Crippen LogP contribution in [0.2, 0.25) is 5.02 Å². The third-order valence-electron chi connectivity index (χ3n) is 3.76. The number of aromatic nitrogens is 2. The minimum atomic E-state index is 0.569. The highest BCUT2D eigenvalue weighted by molar-refractivity contribution is 6.30. The number of fused-ring (bicyclic) bond motifs is 3. The zero-order valence-electron chi connectivity index (χ0n) is 12.5. The number of hydrogen-bond acceptors (Lipinski definition) is 4. The predicted octanol–water partition coefficient (Wildman–Crippen LogP) is 5.05. The van der Waals surface area contributed by atoms with Gasteiger partial charge < -0.3 is 5.32 Å². The van der Waals surface area contributed by atoms with E-state index in [2.05, 4.69) is 16.4 Å². The van der Waals surface area contributed by atoms with Gasteiger partial charge in [-0.25, -0.2) is 4.98 Å². The number of hydrogen-bond donors (Lipinski definition) is 1. The normalized spacial score (nSPS) is 10.7. The van der Waals surface area contributed by atoms with Gasteiger partial charge >= 0.3 is 0 Å². The molecule has 0 aliphatic heterocycles. The second-order valence-electron chi connectivity index (χ2n) is 5.34. The molecule has 0 radical (unpaired) electrons. The van der Waals surface area contributed by atoms with Crippen molar-refractivity contribution in [1.82, 2.24) is 9.97 Å². The molecule has 0 amide bonds. The van der Waals surface area contributed by atoms with Crippen molar-refractivity contribution in [3.8, 4) is 6.07 Å². The molecule has 114 valence electrons. The fourth-order valence-corrected chi connectivity index (χ4v) is 2.87. The fraction of sp³-hybridized carbons (Fsp3) is 0. The number of anilines is 2. The van der Waals surface area contributed by atoms with E-state index in [0.29, 0.717) is 16.4 Å². The van der Waals surface area contributed by atoms with Crippen LogP contribution in [0.25, 0.3) is 21.8 Å². The van der Waals surface area contributed by atoms with E-state index in [9.17, 15) is 0 Å². The zero-order chi connectivity index (χ0) is 16.5. The van der Waals surface area contributed by atoms with Crippen LogP contribution in [-0.2, 0) is 0 Å². The van der Waals surface area contributed by atoms with Crippen molar-refractivity contribution in [3.63, 3.8) is 0 Å². The molecule has 0 saturated carbocycles. The molecular formula is C19H11ClN4. The van der Waals surface area contributed by atoms with Gasteiger partial charge in [0.25, 0.3) is 0 Å². The number of nitriles is 1. The quantitative estimate of drug-likeness (QED) is 0.522. The summed E-state index contributed by atoms with van der Waals surface area (Å²) in [4.78, 5) is 9.19. The Kier molecular flexibility index (Phi) is 3.49. The molecule has 1 N–H and O–H groups in total. The van der Waals surface area contributed by atoms with E-state index in [-0.39, 0.29) is 0 Å². The molecule has 0 atom stereocenters. The molecule has 2 heterocycles. The van der Waals surface area contributed by atoms with Crippen molar-refractivity contribution in [2.45, 2.75) is 0 Å². The lowest BCUT2D eigenvalue weighted by Crippen LogP contribution is -1.97. The molecule has 4 rings (SSSR count). The summed E-state index contributed by atoms with van der Waals surface area (Å²) in [6.45, 7) is 0. The standard InChI is InChI=1S/C19H11ClN4/c20-13-3-1-4-14(10-13)23-19-16-5-2-8-22-18(16)15-7-6-12(11-21)9-17(15)24-19/h1-10H,(H,23,24). The van der Waals surface area contributed by atoms with Gasteiger partial charge in [0.2, 0.25) is 0 Å². The Labute approximate surface area is 143 Å². The number of benzene rings is 2. The van der Waals surface area contributed by atoms with Crippen LogP contribution >= 0.6 is 11.6 Å². The molecule has 2 aromatic carbocycles. The molecule has 0 spiro atoms. The molecule has 5 heteroatoms. The summed E-state index contributed by atoms with van der Waals surface area (Å²) in [5.74, 6) is 0.683. The van der Waals surface area contributed by atoms with Crippen molar-refractivity contribution in [3.05, 3.63) is 71.4 Å². The van der Waals surface area contributed by atoms with Gasteiger partial charge in [0.15, 0.2) is 0 Å². The fourth-order valence-electron chi connectivity index (χ4n) is 2.68. The molecule has 0 bridgehead atoms. The Bertz CT molecular complexity index is 1120. The van der Waals surface area contributed by atoms with Crippen LogP contribution in [0.4, 0.5) is 11.5 Å². The average Bonchev–Trinajstić information content (AvgIpc) is 2.61. The van der Waals surface area contributed by atoms with Gasteiger partial charge in [0, 0.05) is 27.7 Å². The Morgan fingerprint density at radius 1 is 1.00 bits per heavy atom. The molecule has 4 nitrogen and oxygen atoms in total. The van der Waals surface area contributed by atoms with Gasteiger partial charge in [-0.3, -0.25) is 4.98 Å². The largest absolute Gasteiger partial charge is 0.340 e. The van der Waals surface area contributed by atoms with E-state index < -0.39 is 0 Å². The Balaban J connectivity index is 1.97. The maximum absolute atomic E-state index is 9.12. The van der Waals surface area contributed by atoms with Crippen LogP contribution < -0.4 is 5.32 Å². The van der Waals surface area contributed by atoms with E-state index >= 15 is 0 Å². The van der Waals surface area contributed by atoms with Gasteiger partial charge in [-0.15, -0.1) is 0 Å². The van der Waals surface area contributed by atoms with E-state index in [0.717, 1.165) is 27.5 Å². The van der Waals surface area contributed by atoms with Crippen molar-refractivity contribution >= 4 is 44.9 Å². The van der Waals surface area contributed by atoms with Gasteiger partial charge in [-0.1, -0.05) is 17.7 Å². The third-order valence-corrected chi connectivity index (χ3v) is 4.00. The molecule has 0 saturated heterocycles. The summed E-state index contributed by atoms with van der Waals surface area (Å²) < 4.78 is 0. The minimum absolute atomic E-state index is 0.569. The zero-order valence-corrected chi connectivity index (χ0v) is 13.2. The van der Waals surface area contributed by atoms with Crippen molar-refractivity contribution in [2.75, 3.05) is 5.32 Å². The van der Waals surface area contributed by atoms with Crippen LogP contribution in [0.15, 0.2) is 60.8 Å². The lowest BCUT2D eigenvalue weighted by atomic mass is 10.1. The highest BCUT2D eigenvalue weighted by atomic mass is 35.5. The summed E-state index contributed by atoms with van der Waals surface area (Å²) in [6.07, 6.45) is 1.75. The first-order chi connectivity index (χ1) is 11.7. The molecule has 2 aromatic heterocycles. The summed E-state index contributed by atoms with van der Waals surface area (Å²) in [7, 11) is 0. The summed E-state index contributed by atoms with van der Waals surface area (Å²) in [6, 6.07) is 18.9. The van der Waals surface area contributed by atoms with Gasteiger partial charge in [0.05, 0.1) is 22.7 Å². The summed E-state index contributed by atoms with van der Waals surface area (Å²) >= 11 is 6.06. The first-order valence-corrected chi connectivity index (χ1v) is 7.73. The topological polar surface area (TPSA) is 61.6 Å². The van der Waals surface area contributed by atoms with Crippen molar-refractivity contribution in [2.24, 2.45) is 0 Å². The lowest BCUT2D eigenvalue weighted by Gasteiger charge is -2.11. The van der Waals surface area contributed by atoms with E-state index in [4.69, 9.17) is 21.8 Å². The Morgan fingerprint density at radius 2 is 1.92 bits per heavy atom.